The summed E-state index contributed by atoms with van der Waals surface area (Å²) in [6.45, 7) is 6.73. The number of aliphatic hydroxyl groups is 3. The number of amides is 1. The zero-order valence-corrected chi connectivity index (χ0v) is 24.1. The molecular formula is C30H45NO7S. The second-order valence-electron chi connectivity index (χ2n) is 13.6. The average Bonchev–Trinajstić information content (AvgIpc) is 3.22. The SMILES string of the molecule is C[C@H](CCC(=O)Nc1ccc(S(=O)(=O)O)cc1)[C@H]1CCC2C3C(C[C@H](O)[C@@]21C)[C@@]1(C)CC[C@@H](O)C[C@H]1C[C@H]3O. The first-order chi connectivity index (χ1) is 18.2. The number of carbonyl (C=O) groups is 1. The van der Waals surface area contributed by atoms with Crippen LogP contribution >= 0.6 is 0 Å². The van der Waals surface area contributed by atoms with Gasteiger partial charge in [-0.3, -0.25) is 9.35 Å². The van der Waals surface area contributed by atoms with Crippen LogP contribution < -0.4 is 5.32 Å². The second kappa shape index (κ2) is 10.4. The lowest BCUT2D eigenvalue weighted by molar-refractivity contribution is -0.207. The molecule has 3 unspecified atom stereocenters. The van der Waals surface area contributed by atoms with Gasteiger partial charge in [0.1, 0.15) is 0 Å². The zero-order valence-electron chi connectivity index (χ0n) is 23.3. The normalized spacial score (nSPS) is 42.6. The van der Waals surface area contributed by atoms with E-state index in [4.69, 9.17) is 4.55 Å². The number of benzene rings is 1. The molecule has 8 nitrogen and oxygen atoms in total. The Morgan fingerprint density at radius 2 is 1.72 bits per heavy atom. The lowest BCUT2D eigenvalue weighted by Gasteiger charge is -2.63. The van der Waals surface area contributed by atoms with Gasteiger partial charge in [-0.15, -0.1) is 0 Å². The van der Waals surface area contributed by atoms with Gasteiger partial charge in [0.05, 0.1) is 23.2 Å². The molecule has 0 saturated heterocycles. The number of fused-ring (bicyclic) bond motifs is 5. The molecule has 11 atom stereocenters. The third-order valence-corrected chi connectivity index (χ3v) is 12.7. The van der Waals surface area contributed by atoms with E-state index in [9.17, 15) is 28.5 Å². The smallest absolute Gasteiger partial charge is 0.294 e. The molecule has 0 radical (unpaired) electrons. The summed E-state index contributed by atoms with van der Waals surface area (Å²) in [4.78, 5) is 12.5. The molecule has 0 bridgehead atoms. The van der Waals surface area contributed by atoms with E-state index < -0.39 is 22.3 Å². The number of hydrogen-bond acceptors (Lipinski definition) is 6. The van der Waals surface area contributed by atoms with Gasteiger partial charge >= 0.3 is 0 Å². The summed E-state index contributed by atoms with van der Waals surface area (Å²) in [6.07, 6.45) is 5.75. The van der Waals surface area contributed by atoms with Gasteiger partial charge in [0, 0.05) is 12.1 Å². The van der Waals surface area contributed by atoms with Gasteiger partial charge in [0.2, 0.25) is 5.91 Å². The maximum atomic E-state index is 12.7. The van der Waals surface area contributed by atoms with Crippen molar-refractivity contribution in [3.05, 3.63) is 24.3 Å². The first-order valence-electron chi connectivity index (χ1n) is 14.7. The van der Waals surface area contributed by atoms with Crippen molar-refractivity contribution in [2.24, 2.45) is 46.3 Å². The second-order valence-corrected chi connectivity index (χ2v) is 15.0. The number of nitrogens with one attached hydrogen (secondary N) is 1. The highest BCUT2D eigenvalue weighted by Crippen LogP contribution is 2.68. The summed E-state index contributed by atoms with van der Waals surface area (Å²) in [6, 6.07) is 5.41. The van der Waals surface area contributed by atoms with Gasteiger partial charge in [-0.2, -0.15) is 8.42 Å². The van der Waals surface area contributed by atoms with Gasteiger partial charge in [0.15, 0.2) is 0 Å². The van der Waals surface area contributed by atoms with Crippen LogP contribution in [0.3, 0.4) is 0 Å². The molecule has 4 fully saturated rings. The van der Waals surface area contributed by atoms with E-state index in [0.29, 0.717) is 30.9 Å². The predicted octanol–water partition coefficient (Wildman–Crippen LogP) is 4.25. The highest BCUT2D eigenvalue weighted by molar-refractivity contribution is 7.85. The maximum absolute atomic E-state index is 12.7. The number of carbonyl (C=O) groups excluding carboxylic acids is 1. The molecular weight excluding hydrogens is 518 g/mol. The molecule has 9 heteroatoms. The van der Waals surface area contributed by atoms with Crippen molar-refractivity contribution in [2.45, 2.75) is 102 Å². The summed E-state index contributed by atoms with van der Waals surface area (Å²) in [5, 5.41) is 36.3. The molecule has 4 aliphatic carbocycles. The van der Waals surface area contributed by atoms with Crippen LogP contribution in [0.15, 0.2) is 29.2 Å². The van der Waals surface area contributed by atoms with Gasteiger partial charge in [-0.05, 0) is 122 Å². The molecule has 39 heavy (non-hydrogen) atoms. The molecule has 1 amide bonds. The van der Waals surface area contributed by atoms with Crippen LogP contribution in [0.25, 0.3) is 0 Å². The van der Waals surface area contributed by atoms with Crippen molar-refractivity contribution in [1.82, 2.24) is 0 Å². The number of rotatable bonds is 6. The fourth-order valence-electron chi connectivity index (χ4n) is 9.63. The first kappa shape index (κ1) is 29.0. The largest absolute Gasteiger partial charge is 0.393 e. The first-order valence-corrected chi connectivity index (χ1v) is 16.1. The van der Waals surface area contributed by atoms with E-state index in [2.05, 4.69) is 26.1 Å². The summed E-state index contributed by atoms with van der Waals surface area (Å²) in [5.41, 5.74) is 0.211. The minimum absolute atomic E-state index is 0.0484. The van der Waals surface area contributed by atoms with Crippen LogP contribution in [0.2, 0.25) is 0 Å². The number of anilines is 1. The van der Waals surface area contributed by atoms with E-state index in [1.165, 1.54) is 24.3 Å². The third kappa shape index (κ3) is 5.07. The minimum atomic E-state index is -4.28. The molecule has 4 aliphatic rings. The number of aliphatic hydroxyl groups excluding tert-OH is 3. The highest BCUT2D eigenvalue weighted by atomic mass is 32.2. The highest BCUT2D eigenvalue weighted by Gasteiger charge is 2.65. The van der Waals surface area contributed by atoms with Gasteiger partial charge < -0.3 is 20.6 Å². The van der Waals surface area contributed by atoms with Crippen molar-refractivity contribution >= 4 is 21.7 Å². The minimum Gasteiger partial charge on any atom is -0.393 e. The van der Waals surface area contributed by atoms with E-state index in [1.807, 2.05) is 0 Å². The standard InChI is InChI=1S/C30H45NO7S/c1-17(4-11-27(35)31-19-5-7-21(8-6-19)39(36,37)38)22-9-10-23-28-24(16-26(34)30(22,23)3)29(2)13-12-20(32)14-18(29)15-25(28)33/h5-8,17-18,20,22-26,28,32-34H,4,9-16H2,1-3H3,(H,31,35)(H,36,37,38)/t17-,18+,20-,22-,23?,24?,25-,26+,28?,29+,30-/m1/s1. The third-order valence-electron chi connectivity index (χ3n) is 11.8. The Bertz CT molecular complexity index is 1170. The fraction of sp³-hybridized carbons (Fsp3) is 0.767. The van der Waals surface area contributed by atoms with Crippen LogP contribution in [-0.4, -0.2) is 52.5 Å². The summed E-state index contributed by atoms with van der Waals surface area (Å²) in [5.74, 6) is 1.28. The Morgan fingerprint density at radius 1 is 1.03 bits per heavy atom. The topological polar surface area (TPSA) is 144 Å². The van der Waals surface area contributed by atoms with Gasteiger partial charge in [-0.1, -0.05) is 20.8 Å². The molecule has 1 aromatic rings. The van der Waals surface area contributed by atoms with E-state index in [-0.39, 0.29) is 57.3 Å². The Balaban J connectivity index is 1.24. The van der Waals surface area contributed by atoms with Crippen molar-refractivity contribution in [2.75, 3.05) is 5.32 Å². The molecule has 4 saturated carbocycles. The van der Waals surface area contributed by atoms with E-state index >= 15 is 0 Å². The molecule has 218 valence electrons. The van der Waals surface area contributed by atoms with E-state index in [1.54, 1.807) is 0 Å². The molecule has 5 rings (SSSR count). The molecule has 0 aromatic heterocycles. The van der Waals surface area contributed by atoms with E-state index in [0.717, 1.165) is 38.5 Å². The maximum Gasteiger partial charge on any atom is 0.294 e. The van der Waals surface area contributed by atoms with Crippen LogP contribution in [0.1, 0.15) is 78.6 Å². The average molecular weight is 564 g/mol. The zero-order chi connectivity index (χ0) is 28.3. The Labute approximate surface area is 232 Å². The van der Waals surface area contributed by atoms with Crippen LogP contribution in [0.5, 0.6) is 0 Å². The monoisotopic (exact) mass is 563 g/mol. The molecule has 1 aromatic carbocycles. The molecule has 5 N–H and O–H groups in total. The quantitative estimate of drug-likeness (QED) is 0.326. The van der Waals surface area contributed by atoms with Gasteiger partial charge in [0.25, 0.3) is 10.1 Å². The van der Waals surface area contributed by atoms with Crippen molar-refractivity contribution in [3.63, 3.8) is 0 Å². The van der Waals surface area contributed by atoms with Gasteiger partial charge in [-0.25, -0.2) is 0 Å². The van der Waals surface area contributed by atoms with Crippen LogP contribution in [0, 0.1) is 46.3 Å². The summed E-state index contributed by atoms with van der Waals surface area (Å²) >= 11 is 0. The molecule has 0 heterocycles. The Hall–Kier alpha value is -1.52. The Morgan fingerprint density at radius 3 is 2.38 bits per heavy atom. The lowest BCUT2D eigenvalue weighted by Crippen LogP contribution is -2.62. The number of hydrogen-bond donors (Lipinski definition) is 5. The lowest BCUT2D eigenvalue weighted by atomic mass is 9.43. The summed E-state index contributed by atoms with van der Waals surface area (Å²) in [7, 11) is -4.28. The fourth-order valence-corrected chi connectivity index (χ4v) is 10.1. The van der Waals surface area contributed by atoms with Crippen molar-refractivity contribution < 1.29 is 33.1 Å². The summed E-state index contributed by atoms with van der Waals surface area (Å²) < 4.78 is 31.6. The van der Waals surface area contributed by atoms with Crippen molar-refractivity contribution in [1.29, 1.82) is 0 Å². The Kier molecular flexibility index (Phi) is 7.72. The van der Waals surface area contributed by atoms with Crippen molar-refractivity contribution in [3.8, 4) is 0 Å². The van der Waals surface area contributed by atoms with Crippen LogP contribution in [0.4, 0.5) is 5.69 Å². The molecule has 0 aliphatic heterocycles. The molecule has 0 spiro atoms. The van der Waals surface area contributed by atoms with Crippen LogP contribution in [-0.2, 0) is 14.9 Å². The predicted molar refractivity (Wildman–Crippen MR) is 147 cm³/mol.